The number of aliphatic hydroxyl groups excluding tert-OH is 1. The first kappa shape index (κ1) is 10.6. The van der Waals surface area contributed by atoms with Crippen molar-refractivity contribution in [1.82, 2.24) is 10.1 Å². The Morgan fingerprint density at radius 1 is 1.60 bits per heavy atom. The van der Waals surface area contributed by atoms with Gasteiger partial charge in [-0.05, 0) is 19.8 Å². The fourth-order valence-corrected chi connectivity index (χ4v) is 1.96. The number of hydrogen-bond acceptors (Lipinski definition) is 4. The van der Waals surface area contributed by atoms with Crippen molar-refractivity contribution < 1.29 is 9.63 Å². The SMILES string of the molecule is Cc1cc(CN(CCO)C2CCC2)on1. The summed E-state index contributed by atoms with van der Waals surface area (Å²) in [5.41, 5.74) is 0.919. The van der Waals surface area contributed by atoms with E-state index in [4.69, 9.17) is 9.63 Å². The van der Waals surface area contributed by atoms with Gasteiger partial charge in [0.15, 0.2) is 5.76 Å². The number of nitrogens with zero attached hydrogens (tertiary/aromatic N) is 2. The maximum Gasteiger partial charge on any atom is 0.150 e. The zero-order valence-electron chi connectivity index (χ0n) is 9.15. The summed E-state index contributed by atoms with van der Waals surface area (Å²) in [7, 11) is 0. The Labute approximate surface area is 89.9 Å². The van der Waals surface area contributed by atoms with Gasteiger partial charge in [0, 0.05) is 18.7 Å². The minimum atomic E-state index is 0.212. The van der Waals surface area contributed by atoms with Crippen LogP contribution in [-0.2, 0) is 6.54 Å². The molecule has 4 heteroatoms. The molecule has 0 unspecified atom stereocenters. The van der Waals surface area contributed by atoms with E-state index in [-0.39, 0.29) is 6.61 Å². The molecule has 0 spiro atoms. The van der Waals surface area contributed by atoms with E-state index >= 15 is 0 Å². The highest BCUT2D eigenvalue weighted by atomic mass is 16.5. The highest BCUT2D eigenvalue weighted by molar-refractivity contribution is 5.03. The van der Waals surface area contributed by atoms with Crippen molar-refractivity contribution in [3.63, 3.8) is 0 Å². The molecule has 1 N–H and O–H groups in total. The van der Waals surface area contributed by atoms with E-state index in [1.54, 1.807) is 0 Å². The molecule has 1 aliphatic rings. The van der Waals surface area contributed by atoms with Gasteiger partial charge in [0.2, 0.25) is 0 Å². The second kappa shape index (κ2) is 4.77. The average molecular weight is 210 g/mol. The average Bonchev–Trinajstić information content (AvgIpc) is 2.48. The molecule has 1 saturated carbocycles. The first-order valence-electron chi connectivity index (χ1n) is 5.56. The molecule has 15 heavy (non-hydrogen) atoms. The molecule has 1 fully saturated rings. The molecule has 1 aromatic rings. The minimum Gasteiger partial charge on any atom is -0.395 e. The Kier molecular flexibility index (Phi) is 3.38. The van der Waals surface area contributed by atoms with Gasteiger partial charge in [-0.15, -0.1) is 0 Å². The van der Waals surface area contributed by atoms with Crippen LogP contribution in [0.15, 0.2) is 10.6 Å². The van der Waals surface area contributed by atoms with Crippen LogP contribution >= 0.6 is 0 Å². The van der Waals surface area contributed by atoms with Gasteiger partial charge >= 0.3 is 0 Å². The lowest BCUT2D eigenvalue weighted by atomic mass is 9.91. The summed E-state index contributed by atoms with van der Waals surface area (Å²) in [5, 5.41) is 12.9. The third-order valence-corrected chi connectivity index (χ3v) is 3.01. The van der Waals surface area contributed by atoms with E-state index < -0.39 is 0 Å². The largest absolute Gasteiger partial charge is 0.395 e. The van der Waals surface area contributed by atoms with Crippen LogP contribution in [0.5, 0.6) is 0 Å². The fraction of sp³-hybridized carbons (Fsp3) is 0.727. The topological polar surface area (TPSA) is 49.5 Å². The van der Waals surface area contributed by atoms with Gasteiger partial charge < -0.3 is 9.63 Å². The smallest absolute Gasteiger partial charge is 0.150 e. The molecule has 84 valence electrons. The van der Waals surface area contributed by atoms with Crippen molar-refractivity contribution in [1.29, 1.82) is 0 Å². The maximum absolute atomic E-state index is 9.00. The molecule has 2 rings (SSSR count). The Morgan fingerprint density at radius 3 is 2.87 bits per heavy atom. The summed E-state index contributed by atoms with van der Waals surface area (Å²) in [6.45, 7) is 3.63. The predicted molar refractivity (Wildman–Crippen MR) is 56.4 cm³/mol. The van der Waals surface area contributed by atoms with Crippen LogP contribution in [0.2, 0.25) is 0 Å². The van der Waals surface area contributed by atoms with Crippen LogP contribution in [0, 0.1) is 6.92 Å². The highest BCUT2D eigenvalue weighted by Crippen LogP contribution is 2.25. The van der Waals surface area contributed by atoms with E-state index in [9.17, 15) is 0 Å². The summed E-state index contributed by atoms with van der Waals surface area (Å²) in [5.74, 6) is 0.896. The number of aryl methyl sites for hydroxylation is 1. The zero-order valence-corrected chi connectivity index (χ0v) is 9.15. The summed E-state index contributed by atoms with van der Waals surface area (Å²) in [6, 6.07) is 2.59. The maximum atomic E-state index is 9.00. The standard InChI is InChI=1S/C11H18N2O2/c1-9-7-11(15-12-9)8-13(5-6-14)10-3-2-4-10/h7,10,14H,2-6,8H2,1H3. The van der Waals surface area contributed by atoms with Crippen LogP contribution in [-0.4, -0.2) is 34.4 Å². The number of hydrogen-bond donors (Lipinski definition) is 1. The second-order valence-electron chi connectivity index (χ2n) is 4.21. The van der Waals surface area contributed by atoms with Gasteiger partial charge in [-0.3, -0.25) is 4.90 Å². The number of aliphatic hydroxyl groups is 1. The van der Waals surface area contributed by atoms with Crippen molar-refractivity contribution in [2.24, 2.45) is 0 Å². The quantitative estimate of drug-likeness (QED) is 0.796. The third-order valence-electron chi connectivity index (χ3n) is 3.01. The molecule has 1 heterocycles. The molecule has 0 aromatic carbocycles. The molecule has 0 saturated heterocycles. The second-order valence-corrected chi connectivity index (χ2v) is 4.21. The van der Waals surface area contributed by atoms with Gasteiger partial charge in [-0.25, -0.2) is 0 Å². The fourth-order valence-electron chi connectivity index (χ4n) is 1.96. The molecule has 0 bridgehead atoms. The van der Waals surface area contributed by atoms with E-state index in [2.05, 4.69) is 10.1 Å². The normalized spacial score (nSPS) is 17.0. The van der Waals surface area contributed by atoms with Crippen molar-refractivity contribution in [2.75, 3.05) is 13.2 Å². The molecule has 4 nitrogen and oxygen atoms in total. The summed E-state index contributed by atoms with van der Waals surface area (Å²) >= 11 is 0. The van der Waals surface area contributed by atoms with Gasteiger partial charge in [0.25, 0.3) is 0 Å². The van der Waals surface area contributed by atoms with Gasteiger partial charge in [0.1, 0.15) is 0 Å². The predicted octanol–water partition coefficient (Wildman–Crippen LogP) is 1.33. The summed E-state index contributed by atoms with van der Waals surface area (Å²) in [4.78, 5) is 2.28. The molecular formula is C11H18N2O2. The van der Waals surface area contributed by atoms with Crippen LogP contribution in [0.3, 0.4) is 0 Å². The van der Waals surface area contributed by atoms with E-state index in [1.807, 2.05) is 13.0 Å². The van der Waals surface area contributed by atoms with Crippen molar-refractivity contribution in [3.8, 4) is 0 Å². The lowest BCUT2D eigenvalue weighted by Gasteiger charge is -2.36. The van der Waals surface area contributed by atoms with Crippen LogP contribution in [0.4, 0.5) is 0 Å². The van der Waals surface area contributed by atoms with Crippen LogP contribution in [0.25, 0.3) is 0 Å². The van der Waals surface area contributed by atoms with Crippen molar-refractivity contribution in [2.45, 2.75) is 38.8 Å². The molecule has 0 amide bonds. The van der Waals surface area contributed by atoms with Gasteiger partial charge in [-0.1, -0.05) is 11.6 Å². The van der Waals surface area contributed by atoms with Crippen molar-refractivity contribution >= 4 is 0 Å². The summed E-state index contributed by atoms with van der Waals surface area (Å²) in [6.07, 6.45) is 3.79. The lowest BCUT2D eigenvalue weighted by molar-refractivity contribution is 0.0855. The first-order valence-corrected chi connectivity index (χ1v) is 5.56. The third kappa shape index (κ3) is 2.58. The molecule has 0 atom stereocenters. The Hall–Kier alpha value is -0.870. The Morgan fingerprint density at radius 2 is 2.40 bits per heavy atom. The van der Waals surface area contributed by atoms with Crippen LogP contribution in [0.1, 0.15) is 30.7 Å². The highest BCUT2D eigenvalue weighted by Gasteiger charge is 2.25. The monoisotopic (exact) mass is 210 g/mol. The lowest BCUT2D eigenvalue weighted by Crippen LogP contribution is -2.41. The molecule has 0 aliphatic heterocycles. The van der Waals surface area contributed by atoms with Crippen LogP contribution < -0.4 is 0 Å². The first-order chi connectivity index (χ1) is 7.29. The van der Waals surface area contributed by atoms with Gasteiger partial charge in [0.05, 0.1) is 18.8 Å². The molecular weight excluding hydrogens is 192 g/mol. The molecule has 0 radical (unpaired) electrons. The zero-order chi connectivity index (χ0) is 10.7. The Balaban J connectivity index is 1.93. The van der Waals surface area contributed by atoms with E-state index in [1.165, 1.54) is 19.3 Å². The van der Waals surface area contributed by atoms with Gasteiger partial charge in [-0.2, -0.15) is 0 Å². The van der Waals surface area contributed by atoms with Crippen molar-refractivity contribution in [3.05, 3.63) is 17.5 Å². The minimum absolute atomic E-state index is 0.212. The summed E-state index contributed by atoms with van der Waals surface area (Å²) < 4.78 is 5.19. The number of rotatable bonds is 5. The number of aromatic nitrogens is 1. The molecule has 1 aromatic heterocycles. The Bertz CT molecular complexity index is 307. The molecule has 1 aliphatic carbocycles. The van der Waals surface area contributed by atoms with E-state index in [0.29, 0.717) is 6.04 Å². The van der Waals surface area contributed by atoms with E-state index in [0.717, 1.165) is 24.5 Å².